The van der Waals surface area contributed by atoms with Crippen molar-refractivity contribution in [2.24, 2.45) is 0 Å². The number of anilines is 1. The smallest absolute Gasteiger partial charge is 0.102 e. The van der Waals surface area contributed by atoms with E-state index >= 15 is 0 Å². The van der Waals surface area contributed by atoms with Crippen molar-refractivity contribution in [3.05, 3.63) is 59.4 Å². The van der Waals surface area contributed by atoms with E-state index in [0.29, 0.717) is 13.1 Å². The number of benzene rings is 1. The molecule has 1 aromatic carbocycles. The Morgan fingerprint density at radius 2 is 2.09 bits per heavy atom. The fraction of sp³-hybridized carbons (Fsp3) is 0.421. The summed E-state index contributed by atoms with van der Waals surface area (Å²) < 4.78 is 0. The molecule has 0 saturated carbocycles. The van der Waals surface area contributed by atoms with Crippen molar-refractivity contribution in [2.45, 2.75) is 31.4 Å². The van der Waals surface area contributed by atoms with Crippen molar-refractivity contribution in [3.63, 3.8) is 0 Å². The van der Waals surface area contributed by atoms with Gasteiger partial charge in [0.2, 0.25) is 0 Å². The Labute approximate surface area is 138 Å². The van der Waals surface area contributed by atoms with Gasteiger partial charge in [-0.1, -0.05) is 24.3 Å². The first-order valence-electron chi connectivity index (χ1n) is 8.22. The van der Waals surface area contributed by atoms with Crippen LogP contribution in [0.15, 0.2) is 42.7 Å². The molecule has 4 nitrogen and oxygen atoms in total. The Morgan fingerprint density at radius 3 is 2.91 bits per heavy atom. The number of fused-ring (bicyclic) bond motifs is 1. The molecule has 122 valence electrons. The largest absolute Gasteiger partial charge is 0.384 e. The average molecular weight is 311 g/mol. The highest BCUT2D eigenvalue weighted by molar-refractivity contribution is 5.50. The number of aliphatic hydroxyl groups is 1. The monoisotopic (exact) mass is 311 g/mol. The predicted molar refractivity (Wildman–Crippen MR) is 93.5 cm³/mol. The Kier molecular flexibility index (Phi) is 4.64. The number of aryl methyl sites for hydroxylation is 1. The topological polar surface area (TPSA) is 48.4 Å². The fourth-order valence-electron chi connectivity index (χ4n) is 3.48. The number of rotatable bonds is 5. The summed E-state index contributed by atoms with van der Waals surface area (Å²) in [4.78, 5) is 6.30. The van der Waals surface area contributed by atoms with Gasteiger partial charge in [0.05, 0.1) is 0 Å². The Bertz CT molecular complexity index is 671. The van der Waals surface area contributed by atoms with E-state index in [1.807, 2.05) is 38.6 Å². The normalized spacial score (nSPS) is 20.1. The summed E-state index contributed by atoms with van der Waals surface area (Å²) >= 11 is 0. The lowest BCUT2D eigenvalue weighted by Gasteiger charge is -2.35. The van der Waals surface area contributed by atoms with Gasteiger partial charge in [-0.3, -0.25) is 4.98 Å². The maximum Gasteiger partial charge on any atom is 0.102 e. The maximum atomic E-state index is 11.1. The fourth-order valence-corrected chi connectivity index (χ4v) is 3.48. The van der Waals surface area contributed by atoms with Crippen LogP contribution < -0.4 is 10.2 Å². The number of aromatic nitrogens is 1. The molecule has 23 heavy (non-hydrogen) atoms. The van der Waals surface area contributed by atoms with Gasteiger partial charge in [-0.15, -0.1) is 0 Å². The first-order valence-corrected chi connectivity index (χ1v) is 8.22. The average Bonchev–Trinajstić information content (AvgIpc) is 2.55. The molecule has 3 rings (SSSR count). The molecule has 0 bridgehead atoms. The molecule has 1 heterocycles. The first-order chi connectivity index (χ1) is 11.1. The standard InChI is InChI=1S/C19H25N3O/c1-22(2)18-9-11-20-12-16(18)13-21-14-19(23)10-5-7-15-6-3-4-8-17(15)19/h3-4,6,8-9,11-12,21,23H,5,7,10,13-14H2,1-2H3/t19-/m1/s1. The van der Waals surface area contributed by atoms with E-state index in [1.165, 1.54) is 5.56 Å². The van der Waals surface area contributed by atoms with Crippen LogP contribution in [-0.4, -0.2) is 30.7 Å². The second kappa shape index (κ2) is 6.69. The van der Waals surface area contributed by atoms with Crippen LogP contribution in [0.5, 0.6) is 0 Å². The van der Waals surface area contributed by atoms with E-state index in [4.69, 9.17) is 0 Å². The van der Waals surface area contributed by atoms with Crippen LogP contribution in [0.2, 0.25) is 0 Å². The van der Waals surface area contributed by atoms with Gasteiger partial charge in [-0.25, -0.2) is 0 Å². The molecule has 0 fully saturated rings. The molecule has 0 saturated heterocycles. The Morgan fingerprint density at radius 1 is 1.26 bits per heavy atom. The van der Waals surface area contributed by atoms with Crippen molar-refractivity contribution >= 4 is 5.69 Å². The second-order valence-electron chi connectivity index (χ2n) is 6.54. The van der Waals surface area contributed by atoms with E-state index < -0.39 is 5.60 Å². The number of hydrogen-bond acceptors (Lipinski definition) is 4. The van der Waals surface area contributed by atoms with Crippen LogP contribution in [-0.2, 0) is 18.6 Å². The van der Waals surface area contributed by atoms with Crippen molar-refractivity contribution in [2.75, 3.05) is 25.5 Å². The minimum atomic E-state index is -0.769. The van der Waals surface area contributed by atoms with Gasteiger partial charge in [0.15, 0.2) is 0 Å². The highest BCUT2D eigenvalue weighted by atomic mass is 16.3. The Balaban J connectivity index is 1.70. The van der Waals surface area contributed by atoms with Gasteiger partial charge < -0.3 is 15.3 Å². The SMILES string of the molecule is CN(C)c1ccncc1CNC[C@]1(O)CCCc2ccccc21. The van der Waals surface area contributed by atoms with E-state index in [9.17, 15) is 5.11 Å². The van der Waals surface area contributed by atoms with Crippen LogP contribution in [0.3, 0.4) is 0 Å². The molecular formula is C19H25N3O. The second-order valence-corrected chi connectivity index (χ2v) is 6.54. The van der Waals surface area contributed by atoms with Crippen LogP contribution in [0.4, 0.5) is 5.69 Å². The zero-order valence-electron chi connectivity index (χ0n) is 13.9. The summed E-state index contributed by atoms with van der Waals surface area (Å²) in [6.45, 7) is 1.26. The highest BCUT2D eigenvalue weighted by Crippen LogP contribution is 2.34. The number of nitrogens with zero attached hydrogens (tertiary/aromatic N) is 2. The third-order valence-electron chi connectivity index (χ3n) is 4.65. The van der Waals surface area contributed by atoms with Gasteiger partial charge in [0, 0.05) is 50.8 Å². The predicted octanol–water partition coefficient (Wildman–Crippen LogP) is 2.46. The van der Waals surface area contributed by atoms with Crippen LogP contribution >= 0.6 is 0 Å². The molecular weight excluding hydrogens is 286 g/mol. The lowest BCUT2D eigenvalue weighted by atomic mass is 9.79. The first kappa shape index (κ1) is 16.0. The molecule has 1 atom stereocenters. The summed E-state index contributed by atoms with van der Waals surface area (Å²) in [7, 11) is 4.06. The number of pyridine rings is 1. The third-order valence-corrected chi connectivity index (χ3v) is 4.65. The van der Waals surface area contributed by atoms with E-state index in [1.54, 1.807) is 0 Å². The number of nitrogens with one attached hydrogen (secondary N) is 1. The van der Waals surface area contributed by atoms with Gasteiger partial charge in [-0.2, -0.15) is 0 Å². The summed E-state index contributed by atoms with van der Waals surface area (Å²) in [5.41, 5.74) is 3.89. The van der Waals surface area contributed by atoms with Crippen LogP contribution in [0, 0.1) is 0 Å². The van der Waals surface area contributed by atoms with Gasteiger partial charge >= 0.3 is 0 Å². The Hall–Kier alpha value is -1.91. The highest BCUT2D eigenvalue weighted by Gasteiger charge is 2.33. The minimum absolute atomic E-state index is 0.561. The van der Waals surface area contributed by atoms with Crippen molar-refractivity contribution in [3.8, 4) is 0 Å². The van der Waals surface area contributed by atoms with Crippen LogP contribution in [0.1, 0.15) is 29.5 Å². The molecule has 0 unspecified atom stereocenters. The molecule has 0 aliphatic heterocycles. The summed E-state index contributed by atoms with van der Waals surface area (Å²) in [5, 5.41) is 14.5. The maximum absolute atomic E-state index is 11.1. The zero-order valence-corrected chi connectivity index (χ0v) is 13.9. The van der Waals surface area contributed by atoms with E-state index in [-0.39, 0.29) is 0 Å². The van der Waals surface area contributed by atoms with Crippen molar-refractivity contribution < 1.29 is 5.11 Å². The molecule has 1 aliphatic carbocycles. The lowest BCUT2D eigenvalue weighted by molar-refractivity contribution is 0.0189. The van der Waals surface area contributed by atoms with Gasteiger partial charge in [-0.05, 0) is 36.5 Å². The quantitative estimate of drug-likeness (QED) is 0.890. The summed E-state index contributed by atoms with van der Waals surface area (Å²) in [5.74, 6) is 0. The van der Waals surface area contributed by atoms with Crippen molar-refractivity contribution in [1.29, 1.82) is 0 Å². The molecule has 4 heteroatoms. The third kappa shape index (κ3) is 3.38. The van der Waals surface area contributed by atoms with Gasteiger partial charge in [0.1, 0.15) is 5.60 Å². The molecule has 0 radical (unpaired) electrons. The summed E-state index contributed by atoms with van der Waals surface area (Å²) in [6.07, 6.45) is 6.60. The number of hydrogen-bond donors (Lipinski definition) is 2. The molecule has 1 aromatic heterocycles. The van der Waals surface area contributed by atoms with Crippen LogP contribution in [0.25, 0.3) is 0 Å². The molecule has 2 N–H and O–H groups in total. The molecule has 0 spiro atoms. The molecule has 0 amide bonds. The van der Waals surface area contributed by atoms with Gasteiger partial charge in [0.25, 0.3) is 0 Å². The minimum Gasteiger partial charge on any atom is -0.384 e. The van der Waals surface area contributed by atoms with E-state index in [0.717, 1.165) is 36.1 Å². The molecule has 2 aromatic rings. The van der Waals surface area contributed by atoms with E-state index in [2.05, 4.69) is 33.4 Å². The molecule has 1 aliphatic rings. The summed E-state index contributed by atoms with van der Waals surface area (Å²) in [6, 6.07) is 10.3. The zero-order chi connectivity index (χ0) is 16.3. The lowest BCUT2D eigenvalue weighted by Crippen LogP contribution is -2.40. The van der Waals surface area contributed by atoms with Crippen molar-refractivity contribution in [1.82, 2.24) is 10.3 Å².